The van der Waals surface area contributed by atoms with Gasteiger partial charge in [-0.25, -0.2) is 4.79 Å². The number of hydrogen-bond donors (Lipinski definition) is 2. The summed E-state index contributed by atoms with van der Waals surface area (Å²) < 4.78 is 0. The molecule has 2 heterocycles. The first-order chi connectivity index (χ1) is 12.2. The monoisotopic (exact) mass is 338 g/mol. The smallest absolute Gasteiger partial charge is 0.319 e. The Bertz CT molecular complexity index is 733. The summed E-state index contributed by atoms with van der Waals surface area (Å²) in [6.07, 6.45) is 3.99. The van der Waals surface area contributed by atoms with E-state index >= 15 is 0 Å². The summed E-state index contributed by atoms with van der Waals surface area (Å²) in [4.78, 5) is 29.8. The van der Waals surface area contributed by atoms with Crippen molar-refractivity contribution in [3.05, 3.63) is 59.9 Å². The van der Waals surface area contributed by atoms with Crippen LogP contribution in [-0.2, 0) is 17.8 Å². The molecule has 0 radical (unpaired) electrons. The molecule has 3 amide bonds. The highest BCUT2D eigenvalue weighted by Crippen LogP contribution is 2.17. The molecule has 6 heteroatoms. The summed E-state index contributed by atoms with van der Waals surface area (Å²) in [7, 11) is 0. The van der Waals surface area contributed by atoms with Crippen molar-refractivity contribution >= 4 is 17.6 Å². The second-order valence-corrected chi connectivity index (χ2v) is 6.07. The summed E-state index contributed by atoms with van der Waals surface area (Å²) in [5.41, 5.74) is 2.68. The second kappa shape index (κ2) is 8.28. The van der Waals surface area contributed by atoms with Crippen molar-refractivity contribution in [3.63, 3.8) is 0 Å². The van der Waals surface area contributed by atoms with Crippen LogP contribution >= 0.6 is 0 Å². The van der Waals surface area contributed by atoms with E-state index < -0.39 is 0 Å². The van der Waals surface area contributed by atoms with Crippen LogP contribution in [0.4, 0.5) is 10.5 Å². The normalized spacial score (nSPS) is 13.8. The highest BCUT2D eigenvalue weighted by Gasteiger charge is 2.19. The number of rotatable bonds is 6. The number of benzene rings is 1. The van der Waals surface area contributed by atoms with Crippen LogP contribution in [0.3, 0.4) is 0 Å². The Kier molecular flexibility index (Phi) is 5.61. The number of nitrogens with zero attached hydrogens (tertiary/aromatic N) is 2. The van der Waals surface area contributed by atoms with E-state index in [9.17, 15) is 9.59 Å². The van der Waals surface area contributed by atoms with Crippen molar-refractivity contribution in [2.24, 2.45) is 0 Å². The number of urea groups is 1. The fourth-order valence-electron chi connectivity index (χ4n) is 2.86. The van der Waals surface area contributed by atoms with E-state index in [-0.39, 0.29) is 11.9 Å². The molecule has 130 valence electrons. The van der Waals surface area contributed by atoms with Gasteiger partial charge in [0, 0.05) is 50.1 Å². The Morgan fingerprint density at radius 2 is 2.12 bits per heavy atom. The number of anilines is 1. The molecule has 0 spiro atoms. The van der Waals surface area contributed by atoms with Gasteiger partial charge >= 0.3 is 6.03 Å². The zero-order valence-electron chi connectivity index (χ0n) is 14.1. The van der Waals surface area contributed by atoms with Gasteiger partial charge in [-0.1, -0.05) is 18.2 Å². The molecular weight excluding hydrogens is 316 g/mol. The summed E-state index contributed by atoms with van der Waals surface area (Å²) >= 11 is 0. The zero-order valence-corrected chi connectivity index (χ0v) is 14.1. The number of aromatic nitrogens is 1. The third-order valence-electron chi connectivity index (χ3n) is 4.12. The molecule has 2 aromatic rings. The van der Waals surface area contributed by atoms with Gasteiger partial charge in [0.05, 0.1) is 0 Å². The molecule has 1 fully saturated rings. The van der Waals surface area contributed by atoms with Crippen molar-refractivity contribution in [3.8, 4) is 0 Å². The van der Waals surface area contributed by atoms with Crippen molar-refractivity contribution in [1.82, 2.24) is 15.2 Å². The molecule has 0 bridgehead atoms. The molecule has 1 aliphatic heterocycles. The lowest BCUT2D eigenvalue weighted by molar-refractivity contribution is -0.128. The van der Waals surface area contributed by atoms with Gasteiger partial charge in [0.1, 0.15) is 0 Å². The van der Waals surface area contributed by atoms with E-state index in [1.807, 2.05) is 47.4 Å². The molecule has 0 atom stereocenters. The Labute approximate surface area is 147 Å². The Morgan fingerprint density at radius 3 is 2.88 bits per heavy atom. The molecule has 6 nitrogen and oxygen atoms in total. The lowest BCUT2D eigenvalue weighted by Gasteiger charge is -2.16. The van der Waals surface area contributed by atoms with Crippen LogP contribution in [0.2, 0.25) is 0 Å². The predicted octanol–water partition coefficient (Wildman–Crippen LogP) is 2.57. The molecule has 3 rings (SSSR count). The van der Waals surface area contributed by atoms with Gasteiger partial charge in [-0.05, 0) is 36.2 Å². The molecule has 2 N–H and O–H groups in total. The fraction of sp³-hybridized carbons (Fsp3) is 0.316. The number of hydrogen-bond acceptors (Lipinski definition) is 3. The van der Waals surface area contributed by atoms with Crippen LogP contribution in [-0.4, -0.2) is 34.9 Å². The fourth-order valence-corrected chi connectivity index (χ4v) is 2.86. The predicted molar refractivity (Wildman–Crippen MR) is 96.1 cm³/mol. The average molecular weight is 338 g/mol. The van der Waals surface area contributed by atoms with Crippen molar-refractivity contribution < 1.29 is 9.59 Å². The third-order valence-corrected chi connectivity index (χ3v) is 4.12. The summed E-state index contributed by atoms with van der Waals surface area (Å²) in [5.74, 6) is 0.200. The van der Waals surface area contributed by atoms with E-state index in [4.69, 9.17) is 0 Å². The number of carbonyl (C=O) groups excluding carboxylic acids is 2. The van der Waals surface area contributed by atoms with Gasteiger partial charge in [0.25, 0.3) is 0 Å². The molecule has 1 saturated heterocycles. The zero-order chi connectivity index (χ0) is 17.5. The van der Waals surface area contributed by atoms with Crippen LogP contribution in [0, 0.1) is 0 Å². The summed E-state index contributed by atoms with van der Waals surface area (Å²) in [6.45, 7) is 1.92. The van der Waals surface area contributed by atoms with Gasteiger partial charge in [-0.2, -0.15) is 0 Å². The summed E-state index contributed by atoms with van der Waals surface area (Å²) in [5, 5.41) is 5.66. The first-order valence-electron chi connectivity index (χ1n) is 8.52. The van der Waals surface area contributed by atoms with E-state index in [0.29, 0.717) is 25.9 Å². The molecule has 1 aromatic carbocycles. The Balaban J connectivity index is 1.47. The lowest BCUT2D eigenvalue weighted by Crippen LogP contribution is -2.30. The van der Waals surface area contributed by atoms with Gasteiger partial charge < -0.3 is 15.5 Å². The maximum atomic E-state index is 12.0. The standard InChI is InChI=1S/C19H22N4O2/c24-18-8-4-12-23(18)14-15-5-3-7-17(13-15)22-19(25)21-11-9-16-6-1-2-10-20-16/h1-3,5-7,10,13H,4,8-9,11-12,14H2,(H2,21,22,25). The van der Waals surface area contributed by atoms with Gasteiger partial charge in [0.15, 0.2) is 0 Å². The number of likely N-dealkylation sites (tertiary alicyclic amines) is 1. The van der Waals surface area contributed by atoms with Gasteiger partial charge in [0.2, 0.25) is 5.91 Å². The first-order valence-corrected chi connectivity index (χ1v) is 8.52. The third kappa shape index (κ3) is 5.04. The van der Waals surface area contributed by atoms with Crippen molar-refractivity contribution in [1.29, 1.82) is 0 Å². The minimum Gasteiger partial charge on any atom is -0.338 e. The number of nitrogens with one attached hydrogen (secondary N) is 2. The maximum absolute atomic E-state index is 12.0. The minimum atomic E-state index is -0.245. The highest BCUT2D eigenvalue weighted by atomic mass is 16.2. The molecule has 25 heavy (non-hydrogen) atoms. The SMILES string of the molecule is O=C(NCCc1ccccn1)Nc1cccc(CN2CCCC2=O)c1. The largest absolute Gasteiger partial charge is 0.338 e. The first kappa shape index (κ1) is 17.0. The lowest BCUT2D eigenvalue weighted by atomic mass is 10.2. The topological polar surface area (TPSA) is 74.3 Å². The van der Waals surface area contributed by atoms with Crippen molar-refractivity contribution in [2.75, 3.05) is 18.4 Å². The Morgan fingerprint density at radius 1 is 1.20 bits per heavy atom. The summed E-state index contributed by atoms with van der Waals surface area (Å²) in [6, 6.07) is 13.1. The van der Waals surface area contributed by atoms with E-state index in [1.54, 1.807) is 6.20 Å². The van der Waals surface area contributed by atoms with Crippen LogP contribution in [0.5, 0.6) is 0 Å². The quantitative estimate of drug-likeness (QED) is 0.850. The van der Waals surface area contributed by atoms with Crippen molar-refractivity contribution in [2.45, 2.75) is 25.8 Å². The van der Waals surface area contributed by atoms with Crippen LogP contribution in [0.25, 0.3) is 0 Å². The van der Waals surface area contributed by atoms with Crippen LogP contribution < -0.4 is 10.6 Å². The van der Waals surface area contributed by atoms with Gasteiger partial charge in [-0.15, -0.1) is 0 Å². The number of pyridine rings is 1. The van der Waals surface area contributed by atoms with Crippen LogP contribution in [0.1, 0.15) is 24.1 Å². The van der Waals surface area contributed by atoms with E-state index in [0.717, 1.165) is 29.9 Å². The highest BCUT2D eigenvalue weighted by molar-refractivity contribution is 5.89. The van der Waals surface area contributed by atoms with E-state index in [2.05, 4.69) is 15.6 Å². The van der Waals surface area contributed by atoms with Gasteiger partial charge in [-0.3, -0.25) is 9.78 Å². The van der Waals surface area contributed by atoms with E-state index in [1.165, 1.54) is 0 Å². The molecule has 0 aliphatic carbocycles. The number of amides is 3. The second-order valence-electron chi connectivity index (χ2n) is 6.07. The molecule has 0 saturated carbocycles. The molecule has 0 unspecified atom stereocenters. The Hall–Kier alpha value is -2.89. The minimum absolute atomic E-state index is 0.200. The molecule has 1 aliphatic rings. The number of carbonyl (C=O) groups is 2. The van der Waals surface area contributed by atoms with Crippen LogP contribution in [0.15, 0.2) is 48.7 Å². The molecule has 1 aromatic heterocycles. The molecular formula is C19H22N4O2. The maximum Gasteiger partial charge on any atom is 0.319 e. The average Bonchev–Trinajstić information content (AvgIpc) is 3.01.